The van der Waals surface area contributed by atoms with Crippen LogP contribution in [0.2, 0.25) is 0 Å². The van der Waals surface area contributed by atoms with Crippen molar-refractivity contribution in [3.8, 4) is 23.3 Å². The molecule has 0 radical (unpaired) electrons. The highest BCUT2D eigenvalue weighted by Crippen LogP contribution is 2.38. The van der Waals surface area contributed by atoms with Crippen molar-refractivity contribution in [2.45, 2.75) is 49.1 Å². The Kier molecular flexibility index (Phi) is 8.27. The maximum absolute atomic E-state index is 15.9. The molecule has 1 amide bonds. The number of fused-ring (bicyclic) bond motifs is 2. The van der Waals surface area contributed by atoms with Crippen LogP contribution < -0.4 is 9.64 Å². The Morgan fingerprint density at radius 1 is 1.24 bits per heavy atom. The summed E-state index contributed by atoms with van der Waals surface area (Å²) in [5.41, 5.74) is 2.54. The first-order chi connectivity index (χ1) is 20.5. The fraction of sp³-hybridized carbons (Fsp3) is 0.452. The summed E-state index contributed by atoms with van der Waals surface area (Å²) in [4.78, 5) is 33.8. The summed E-state index contributed by atoms with van der Waals surface area (Å²) in [5, 5.41) is 9.95. The molecule has 3 aromatic rings. The Labute approximate surface area is 249 Å². The monoisotopic (exact) mass is 587 g/mol. The zero-order valence-electron chi connectivity index (χ0n) is 23.8. The number of nitrogens with zero attached hydrogens (tertiary/aromatic N) is 7. The van der Waals surface area contributed by atoms with Gasteiger partial charge in [0.1, 0.15) is 23.9 Å². The molecule has 0 unspecified atom stereocenters. The molecular formula is C31H34FN7O2S. The molecule has 218 valence electrons. The van der Waals surface area contributed by atoms with E-state index in [0.29, 0.717) is 43.1 Å². The van der Waals surface area contributed by atoms with E-state index in [1.807, 2.05) is 17.0 Å². The highest BCUT2D eigenvalue weighted by atomic mass is 32.2. The Balaban J connectivity index is 1.42. The third kappa shape index (κ3) is 5.53. The van der Waals surface area contributed by atoms with Crippen molar-refractivity contribution in [3.05, 3.63) is 48.3 Å². The smallest absolute Gasteiger partial charge is 0.320 e. The molecule has 11 heteroatoms. The second-order valence-electron chi connectivity index (χ2n) is 11.0. The zero-order valence-corrected chi connectivity index (χ0v) is 24.6. The van der Waals surface area contributed by atoms with Crippen molar-refractivity contribution in [2.24, 2.45) is 0 Å². The standard InChI is InChI=1S/C31H34FN7O2S/c1-3-27(40)39-15-14-38(18-20(39)11-12-33)30-24-17-25(32)28(23-8-4-10-26-22(23)9-6-16-42-26)34-29(24)35-31(36-30)41-19-21-7-5-13-37(21)2/h3-4,8,10,17,20-21H,1,5-7,9,11,13-16,18-19H2,2H3/t20-,21-/m0/s1. The summed E-state index contributed by atoms with van der Waals surface area (Å²) < 4.78 is 22.1. The van der Waals surface area contributed by atoms with E-state index in [4.69, 9.17) is 14.7 Å². The van der Waals surface area contributed by atoms with E-state index in [9.17, 15) is 10.1 Å². The van der Waals surface area contributed by atoms with Gasteiger partial charge in [0.25, 0.3) is 0 Å². The second-order valence-corrected chi connectivity index (χ2v) is 12.2. The number of carbonyl (C=O) groups excluding carboxylic acids is 1. The van der Waals surface area contributed by atoms with Gasteiger partial charge in [0.15, 0.2) is 5.65 Å². The lowest BCUT2D eigenvalue weighted by atomic mass is 9.99. The number of thioether (sulfide) groups is 1. The predicted octanol–water partition coefficient (Wildman–Crippen LogP) is 4.46. The number of amides is 1. The second kappa shape index (κ2) is 12.2. The number of carbonyl (C=O) groups is 1. The van der Waals surface area contributed by atoms with Crippen LogP contribution in [0.3, 0.4) is 0 Å². The van der Waals surface area contributed by atoms with Gasteiger partial charge >= 0.3 is 6.01 Å². The van der Waals surface area contributed by atoms with Crippen molar-refractivity contribution < 1.29 is 13.9 Å². The van der Waals surface area contributed by atoms with Gasteiger partial charge in [-0.05, 0) is 68.8 Å². The minimum Gasteiger partial charge on any atom is -0.462 e. The third-order valence-corrected chi connectivity index (χ3v) is 9.65. The molecule has 2 atom stereocenters. The Morgan fingerprint density at radius 2 is 2.12 bits per heavy atom. The highest BCUT2D eigenvalue weighted by molar-refractivity contribution is 7.99. The van der Waals surface area contributed by atoms with Crippen LogP contribution in [0, 0.1) is 17.1 Å². The number of anilines is 1. The fourth-order valence-corrected chi connectivity index (χ4v) is 7.27. The zero-order chi connectivity index (χ0) is 29.2. The van der Waals surface area contributed by atoms with Gasteiger partial charge in [0, 0.05) is 36.1 Å². The molecule has 0 N–H and O–H groups in total. The van der Waals surface area contributed by atoms with Crippen molar-refractivity contribution in [3.63, 3.8) is 0 Å². The number of likely N-dealkylation sites (tertiary alicyclic amines) is 1. The number of nitriles is 1. The van der Waals surface area contributed by atoms with Crippen molar-refractivity contribution in [1.29, 1.82) is 5.26 Å². The number of aromatic nitrogens is 3. The largest absolute Gasteiger partial charge is 0.462 e. The number of pyridine rings is 1. The van der Waals surface area contributed by atoms with Gasteiger partial charge in [0.2, 0.25) is 5.91 Å². The first-order valence-corrected chi connectivity index (χ1v) is 15.5. The molecule has 5 heterocycles. The van der Waals surface area contributed by atoms with Gasteiger partial charge in [0.05, 0.1) is 23.9 Å². The van der Waals surface area contributed by atoms with E-state index in [-0.39, 0.29) is 36.1 Å². The van der Waals surface area contributed by atoms with Crippen LogP contribution in [-0.4, -0.2) is 88.3 Å². The molecule has 6 rings (SSSR count). The van der Waals surface area contributed by atoms with Crippen LogP contribution in [0.25, 0.3) is 22.3 Å². The first kappa shape index (κ1) is 28.4. The molecule has 0 saturated carbocycles. The van der Waals surface area contributed by atoms with Crippen molar-refractivity contribution >= 4 is 34.5 Å². The summed E-state index contributed by atoms with van der Waals surface area (Å²) in [6, 6.07) is 9.73. The fourth-order valence-electron chi connectivity index (χ4n) is 6.20. The van der Waals surface area contributed by atoms with Gasteiger partial charge in [-0.15, -0.1) is 11.8 Å². The van der Waals surface area contributed by atoms with Crippen LogP contribution in [0.4, 0.5) is 10.2 Å². The third-order valence-electron chi connectivity index (χ3n) is 8.46. The maximum atomic E-state index is 15.9. The number of likely N-dealkylation sites (N-methyl/N-ethyl adjacent to an activating group) is 1. The van der Waals surface area contributed by atoms with Gasteiger partial charge in [-0.3, -0.25) is 4.79 Å². The lowest BCUT2D eigenvalue weighted by Gasteiger charge is -2.41. The van der Waals surface area contributed by atoms with Gasteiger partial charge in [-0.25, -0.2) is 9.37 Å². The summed E-state index contributed by atoms with van der Waals surface area (Å²) >= 11 is 1.79. The van der Waals surface area contributed by atoms with Crippen LogP contribution >= 0.6 is 11.8 Å². The lowest BCUT2D eigenvalue weighted by Crippen LogP contribution is -2.55. The average molecular weight is 588 g/mol. The topological polar surface area (TPSA) is 98.5 Å². The Bertz CT molecular complexity index is 1560. The number of hydrogen-bond acceptors (Lipinski definition) is 9. The van der Waals surface area contributed by atoms with Gasteiger partial charge in [-0.1, -0.05) is 18.7 Å². The average Bonchev–Trinajstić information content (AvgIpc) is 3.43. The molecule has 0 aliphatic carbocycles. The predicted molar refractivity (Wildman–Crippen MR) is 161 cm³/mol. The molecule has 0 bridgehead atoms. The molecule has 2 saturated heterocycles. The van der Waals surface area contributed by atoms with E-state index in [2.05, 4.69) is 35.6 Å². The summed E-state index contributed by atoms with van der Waals surface area (Å²) in [6.45, 7) is 6.26. The molecule has 2 aromatic heterocycles. The van der Waals surface area contributed by atoms with Crippen LogP contribution in [-0.2, 0) is 11.2 Å². The molecule has 9 nitrogen and oxygen atoms in total. The summed E-state index contributed by atoms with van der Waals surface area (Å²) in [5.74, 6) is 0.892. The Hall–Kier alpha value is -3.75. The molecule has 3 aliphatic rings. The van der Waals surface area contributed by atoms with Gasteiger partial charge < -0.3 is 19.4 Å². The van der Waals surface area contributed by atoms with Crippen LogP contribution in [0.5, 0.6) is 6.01 Å². The molecule has 2 fully saturated rings. The first-order valence-electron chi connectivity index (χ1n) is 14.5. The minimum absolute atomic E-state index is 0.157. The summed E-state index contributed by atoms with van der Waals surface area (Å²) in [6.07, 6.45) is 5.50. The molecule has 0 spiro atoms. The number of hydrogen-bond donors (Lipinski definition) is 0. The maximum Gasteiger partial charge on any atom is 0.320 e. The number of ether oxygens (including phenoxy) is 1. The van der Waals surface area contributed by atoms with E-state index in [1.54, 1.807) is 16.7 Å². The molecular weight excluding hydrogens is 553 g/mol. The molecule has 1 aromatic carbocycles. The van der Waals surface area contributed by atoms with Crippen LogP contribution in [0.1, 0.15) is 31.2 Å². The normalized spacial score (nSPS) is 20.8. The summed E-state index contributed by atoms with van der Waals surface area (Å²) in [7, 11) is 2.09. The van der Waals surface area contributed by atoms with E-state index in [1.165, 1.54) is 17.0 Å². The van der Waals surface area contributed by atoms with E-state index >= 15 is 4.39 Å². The van der Waals surface area contributed by atoms with E-state index < -0.39 is 5.82 Å². The molecule has 3 aliphatic heterocycles. The minimum atomic E-state index is -0.438. The SMILES string of the molecule is C=CC(=O)N1CCN(c2nc(OC[C@@H]3CCCN3C)nc3nc(-c4cccc5c4CCCS5)c(F)cc23)C[C@@H]1CC#N. The van der Waals surface area contributed by atoms with Crippen LogP contribution in [0.15, 0.2) is 41.8 Å². The number of rotatable bonds is 7. The number of piperazine rings is 1. The lowest BCUT2D eigenvalue weighted by molar-refractivity contribution is -0.128. The molecule has 42 heavy (non-hydrogen) atoms. The number of benzene rings is 1. The number of halogens is 1. The van der Waals surface area contributed by atoms with Crippen molar-refractivity contribution in [1.82, 2.24) is 24.8 Å². The quantitative estimate of drug-likeness (QED) is 0.371. The highest BCUT2D eigenvalue weighted by Gasteiger charge is 2.32. The van der Waals surface area contributed by atoms with Gasteiger partial charge in [-0.2, -0.15) is 15.2 Å². The van der Waals surface area contributed by atoms with Crippen molar-refractivity contribution in [2.75, 3.05) is 50.5 Å². The van der Waals surface area contributed by atoms with E-state index in [0.717, 1.165) is 49.1 Å². The Morgan fingerprint density at radius 3 is 2.90 bits per heavy atom.